The van der Waals surface area contributed by atoms with E-state index in [2.05, 4.69) is 35.9 Å². The quantitative estimate of drug-likeness (QED) is 0.636. The van der Waals surface area contributed by atoms with Gasteiger partial charge in [-0.05, 0) is 64.4 Å². The first-order chi connectivity index (χ1) is 14.3. The summed E-state index contributed by atoms with van der Waals surface area (Å²) in [6, 6.07) is 13.3. The minimum atomic E-state index is -0.725. The molecule has 7 heteroatoms. The molecule has 0 aliphatic heterocycles. The van der Waals surface area contributed by atoms with Gasteiger partial charge in [-0.2, -0.15) is 0 Å². The Morgan fingerprint density at radius 2 is 1.58 bits per heavy atom. The number of amides is 1. The number of halogens is 1. The summed E-state index contributed by atoms with van der Waals surface area (Å²) >= 11 is 0. The number of hydrogen-bond acceptors (Lipinski definition) is 5. The number of aromatic hydroxyl groups is 1. The molecule has 3 N–H and O–H groups in total. The number of carbonyl (C=O) groups is 2. The molecule has 0 aliphatic carbocycles. The minimum absolute atomic E-state index is 0.0415. The van der Waals surface area contributed by atoms with Crippen LogP contribution in [0.3, 0.4) is 0 Å². The van der Waals surface area contributed by atoms with E-state index in [1.807, 2.05) is 6.92 Å². The summed E-state index contributed by atoms with van der Waals surface area (Å²) in [5.41, 5.74) is 6.72. The van der Waals surface area contributed by atoms with Crippen LogP contribution >= 0.6 is 0 Å². The Morgan fingerprint density at radius 3 is 1.94 bits per heavy atom. The summed E-state index contributed by atoms with van der Waals surface area (Å²) in [4.78, 5) is 21.1. The third-order valence-electron chi connectivity index (χ3n) is 3.50. The van der Waals surface area contributed by atoms with Crippen LogP contribution < -0.4 is 5.73 Å². The number of benzene rings is 2. The van der Waals surface area contributed by atoms with Gasteiger partial charge in [-0.15, -0.1) is 0 Å². The van der Waals surface area contributed by atoms with Crippen molar-refractivity contribution < 1.29 is 28.6 Å². The summed E-state index contributed by atoms with van der Waals surface area (Å²) in [5, 5.41) is 8.59. The summed E-state index contributed by atoms with van der Waals surface area (Å²) in [5.74, 6) is -0.371. The number of aryl methyl sites for hydroxylation is 1. The molecule has 2 aromatic carbocycles. The Balaban J connectivity index is 0.000000477. The van der Waals surface area contributed by atoms with Crippen molar-refractivity contribution in [1.29, 1.82) is 0 Å². The van der Waals surface area contributed by atoms with Crippen LogP contribution in [-0.2, 0) is 20.7 Å². The lowest BCUT2D eigenvalue weighted by atomic mass is 10.1. The molecule has 172 valence electrons. The van der Waals surface area contributed by atoms with Gasteiger partial charge < -0.3 is 20.3 Å². The lowest BCUT2D eigenvalue weighted by molar-refractivity contribution is -0.147. The van der Waals surface area contributed by atoms with E-state index in [1.54, 1.807) is 27.7 Å². The maximum atomic E-state index is 12.0. The second-order valence-corrected chi connectivity index (χ2v) is 7.85. The highest BCUT2D eigenvalue weighted by molar-refractivity contribution is 5.69. The minimum Gasteiger partial charge on any atom is -0.508 e. The average Bonchev–Trinajstić information content (AvgIpc) is 2.65. The molecule has 1 amide bonds. The molecule has 31 heavy (non-hydrogen) atoms. The third-order valence-corrected chi connectivity index (χ3v) is 3.50. The topological polar surface area (TPSA) is 98.9 Å². The number of nitrogens with two attached hydrogens (primary N) is 1. The van der Waals surface area contributed by atoms with Gasteiger partial charge in [0, 0.05) is 12.8 Å². The predicted molar refractivity (Wildman–Crippen MR) is 119 cm³/mol. The van der Waals surface area contributed by atoms with Gasteiger partial charge in [-0.25, -0.2) is 9.18 Å². The van der Waals surface area contributed by atoms with Crippen LogP contribution in [0.25, 0.3) is 0 Å². The number of primary amides is 1. The first kappa shape index (κ1) is 27.9. The van der Waals surface area contributed by atoms with Crippen molar-refractivity contribution in [1.82, 2.24) is 0 Å². The molecule has 2 rings (SSSR count). The standard InChI is InChI=1S/C13H18O2.C6H5FO.C5H11NO2/c1-4-13(14)15-11(3)9-12-7-5-10(2)6-8-12;7-5-1-3-6(8)4-2-5;1-5(2,3)8-4(6)7/h5-8,11H,4,9H2,1-3H3;1-4,8H;1-3H3,(H2,6,7). The van der Waals surface area contributed by atoms with Crippen molar-refractivity contribution >= 4 is 12.1 Å². The normalized spacial score (nSPS) is 11.1. The lowest BCUT2D eigenvalue weighted by Crippen LogP contribution is -2.27. The monoisotopic (exact) mass is 435 g/mol. The van der Waals surface area contributed by atoms with E-state index in [4.69, 9.17) is 15.6 Å². The van der Waals surface area contributed by atoms with E-state index in [1.165, 1.54) is 35.4 Å². The summed E-state index contributed by atoms with van der Waals surface area (Å²) < 4.78 is 21.7. The molecule has 0 aliphatic rings. The Hall–Kier alpha value is -3.09. The van der Waals surface area contributed by atoms with Crippen LogP contribution in [-0.4, -0.2) is 28.9 Å². The summed E-state index contributed by atoms with van der Waals surface area (Å²) in [7, 11) is 0. The average molecular weight is 436 g/mol. The molecule has 0 fully saturated rings. The van der Waals surface area contributed by atoms with Gasteiger partial charge >= 0.3 is 12.1 Å². The van der Waals surface area contributed by atoms with Gasteiger partial charge in [-0.1, -0.05) is 36.8 Å². The maximum absolute atomic E-state index is 12.0. The Kier molecular flexibility index (Phi) is 12.6. The van der Waals surface area contributed by atoms with Crippen LogP contribution in [0.5, 0.6) is 5.75 Å². The van der Waals surface area contributed by atoms with Crippen LogP contribution in [0.2, 0.25) is 0 Å². The first-order valence-electron chi connectivity index (χ1n) is 10.0. The van der Waals surface area contributed by atoms with Crippen LogP contribution in [0.15, 0.2) is 48.5 Å². The zero-order valence-corrected chi connectivity index (χ0v) is 19.1. The molecule has 6 nitrogen and oxygen atoms in total. The molecule has 0 aromatic heterocycles. The van der Waals surface area contributed by atoms with Gasteiger partial charge in [0.15, 0.2) is 0 Å². The van der Waals surface area contributed by atoms with Crippen LogP contribution in [0.4, 0.5) is 9.18 Å². The molecule has 0 saturated carbocycles. The molecule has 1 unspecified atom stereocenters. The lowest BCUT2D eigenvalue weighted by Gasteiger charge is -2.16. The zero-order valence-electron chi connectivity index (χ0n) is 19.1. The van der Waals surface area contributed by atoms with E-state index >= 15 is 0 Å². The second kappa shape index (κ2) is 14.0. The number of ether oxygens (including phenoxy) is 2. The Bertz CT molecular complexity index is 762. The molecular weight excluding hydrogens is 401 g/mol. The molecule has 1 atom stereocenters. The Labute approximate surface area is 184 Å². The van der Waals surface area contributed by atoms with Crippen molar-refractivity contribution in [3.63, 3.8) is 0 Å². The number of phenols is 1. The highest BCUT2D eigenvalue weighted by atomic mass is 19.1. The summed E-state index contributed by atoms with van der Waals surface area (Å²) in [6.07, 6.45) is 0.460. The SMILES string of the molecule is CC(C)(C)OC(N)=O.CCC(=O)OC(C)Cc1ccc(C)cc1.Oc1ccc(F)cc1. The van der Waals surface area contributed by atoms with E-state index in [0.29, 0.717) is 6.42 Å². The number of carbonyl (C=O) groups excluding carboxylic acids is 2. The molecule has 0 heterocycles. The van der Waals surface area contributed by atoms with Crippen LogP contribution in [0.1, 0.15) is 52.2 Å². The molecule has 0 spiro atoms. The van der Waals surface area contributed by atoms with Crippen molar-refractivity contribution in [2.45, 2.75) is 66.1 Å². The predicted octanol–water partition coefficient (Wildman–Crippen LogP) is 5.29. The number of hydrogen-bond donors (Lipinski definition) is 2. The smallest absolute Gasteiger partial charge is 0.405 e. The molecular formula is C24H34FNO5. The van der Waals surface area contributed by atoms with E-state index in [0.717, 1.165) is 6.42 Å². The van der Waals surface area contributed by atoms with Gasteiger partial charge in [0.1, 0.15) is 23.3 Å². The fourth-order valence-electron chi connectivity index (χ4n) is 2.15. The fraction of sp³-hybridized carbons (Fsp3) is 0.417. The van der Waals surface area contributed by atoms with E-state index < -0.39 is 11.7 Å². The number of esters is 1. The molecule has 0 radical (unpaired) electrons. The first-order valence-corrected chi connectivity index (χ1v) is 10.0. The third kappa shape index (κ3) is 16.4. The highest BCUT2D eigenvalue weighted by Gasteiger charge is 2.12. The van der Waals surface area contributed by atoms with Gasteiger partial charge in [0.25, 0.3) is 0 Å². The maximum Gasteiger partial charge on any atom is 0.405 e. The van der Waals surface area contributed by atoms with Gasteiger partial charge in [0.05, 0.1) is 0 Å². The largest absolute Gasteiger partial charge is 0.508 e. The van der Waals surface area contributed by atoms with Gasteiger partial charge in [-0.3, -0.25) is 4.79 Å². The van der Waals surface area contributed by atoms with Crippen molar-refractivity contribution in [2.75, 3.05) is 0 Å². The molecule has 2 aromatic rings. The zero-order chi connectivity index (χ0) is 24.0. The Morgan fingerprint density at radius 1 is 1.06 bits per heavy atom. The van der Waals surface area contributed by atoms with Crippen LogP contribution in [0, 0.1) is 12.7 Å². The second-order valence-electron chi connectivity index (χ2n) is 7.85. The molecule has 0 bridgehead atoms. The van der Waals surface area contributed by atoms with E-state index in [-0.39, 0.29) is 23.6 Å². The van der Waals surface area contributed by atoms with E-state index in [9.17, 15) is 14.0 Å². The fourth-order valence-corrected chi connectivity index (χ4v) is 2.15. The van der Waals surface area contributed by atoms with Crippen molar-refractivity contribution in [3.05, 3.63) is 65.5 Å². The number of rotatable bonds is 4. The van der Waals surface area contributed by atoms with Crippen molar-refractivity contribution in [2.24, 2.45) is 5.73 Å². The molecule has 0 saturated heterocycles. The van der Waals surface area contributed by atoms with Gasteiger partial charge in [0.2, 0.25) is 0 Å². The highest BCUT2D eigenvalue weighted by Crippen LogP contribution is 2.09. The summed E-state index contributed by atoms with van der Waals surface area (Å²) in [6.45, 7) is 11.1. The van der Waals surface area contributed by atoms with Crippen molar-refractivity contribution in [3.8, 4) is 5.75 Å². The number of phenolic OH excluding ortho intramolecular Hbond substituents is 1.